The van der Waals surface area contributed by atoms with Gasteiger partial charge in [0.05, 0.1) is 13.7 Å². The number of methoxy groups -OCH3 is 1. The average Bonchev–Trinajstić information content (AvgIpc) is 2.43. The molecule has 4 nitrogen and oxygen atoms in total. The van der Waals surface area contributed by atoms with Crippen LogP contribution in [0, 0.1) is 6.92 Å². The largest absolute Gasteiger partial charge is 0.497 e. The van der Waals surface area contributed by atoms with Gasteiger partial charge >= 0.3 is 0 Å². The van der Waals surface area contributed by atoms with Crippen molar-refractivity contribution < 1.29 is 9.47 Å². The Bertz CT molecular complexity index is 587. The van der Waals surface area contributed by atoms with Crippen LogP contribution in [0.15, 0.2) is 47.3 Å². The van der Waals surface area contributed by atoms with E-state index in [4.69, 9.17) is 9.47 Å². The van der Waals surface area contributed by atoms with Gasteiger partial charge in [-0.25, -0.2) is 0 Å². The molecule has 0 aliphatic heterocycles. The Morgan fingerprint density at radius 2 is 1.74 bits per heavy atom. The van der Waals surface area contributed by atoms with Gasteiger partial charge in [0.15, 0.2) is 0 Å². The standard InChI is InChI=1S/C15H17NO3/c1-12-4-3-5-15(17)16(12)10-11-19-14-8-6-13(18-2)7-9-14/h3-9H,10-11H2,1-2H3. The van der Waals surface area contributed by atoms with Crippen molar-refractivity contribution in [2.75, 3.05) is 13.7 Å². The molecule has 0 N–H and O–H groups in total. The van der Waals surface area contributed by atoms with Gasteiger partial charge in [0, 0.05) is 11.8 Å². The molecule has 0 radical (unpaired) electrons. The number of nitrogens with zero attached hydrogens (tertiary/aromatic N) is 1. The highest BCUT2D eigenvalue weighted by molar-refractivity contribution is 5.31. The van der Waals surface area contributed by atoms with Crippen molar-refractivity contribution in [3.8, 4) is 11.5 Å². The van der Waals surface area contributed by atoms with E-state index in [9.17, 15) is 4.79 Å². The van der Waals surface area contributed by atoms with Crippen molar-refractivity contribution in [1.82, 2.24) is 4.57 Å². The Morgan fingerprint density at radius 1 is 1.05 bits per heavy atom. The normalized spacial score (nSPS) is 10.2. The number of aryl methyl sites for hydroxylation is 1. The van der Waals surface area contributed by atoms with Crippen molar-refractivity contribution in [2.45, 2.75) is 13.5 Å². The second-order valence-corrected chi connectivity index (χ2v) is 4.18. The second-order valence-electron chi connectivity index (χ2n) is 4.18. The Kier molecular flexibility index (Phi) is 4.23. The van der Waals surface area contributed by atoms with Crippen molar-refractivity contribution >= 4 is 0 Å². The number of hydrogen-bond acceptors (Lipinski definition) is 3. The minimum absolute atomic E-state index is 0.00155. The van der Waals surface area contributed by atoms with E-state index >= 15 is 0 Å². The number of rotatable bonds is 5. The Morgan fingerprint density at radius 3 is 2.37 bits per heavy atom. The first-order valence-corrected chi connectivity index (χ1v) is 6.14. The maximum absolute atomic E-state index is 11.7. The zero-order valence-electron chi connectivity index (χ0n) is 11.1. The lowest BCUT2D eigenvalue weighted by atomic mass is 10.3. The predicted molar refractivity (Wildman–Crippen MR) is 73.9 cm³/mol. The molecule has 0 aliphatic rings. The molecule has 100 valence electrons. The second kappa shape index (κ2) is 6.09. The van der Waals surface area contributed by atoms with E-state index in [1.807, 2.05) is 37.3 Å². The van der Waals surface area contributed by atoms with Crippen molar-refractivity contribution in [3.63, 3.8) is 0 Å². The van der Waals surface area contributed by atoms with Crippen molar-refractivity contribution in [3.05, 3.63) is 58.5 Å². The maximum Gasteiger partial charge on any atom is 0.250 e. The van der Waals surface area contributed by atoms with Crippen LogP contribution < -0.4 is 15.0 Å². The summed E-state index contributed by atoms with van der Waals surface area (Å²) in [6, 6.07) is 12.6. The summed E-state index contributed by atoms with van der Waals surface area (Å²) >= 11 is 0. The maximum atomic E-state index is 11.7. The van der Waals surface area contributed by atoms with Gasteiger partial charge in [0.2, 0.25) is 0 Å². The molecule has 0 saturated heterocycles. The highest BCUT2D eigenvalue weighted by Crippen LogP contribution is 2.16. The van der Waals surface area contributed by atoms with Gasteiger partial charge < -0.3 is 14.0 Å². The minimum Gasteiger partial charge on any atom is -0.497 e. The molecule has 2 aromatic rings. The molecule has 0 aliphatic carbocycles. The molecule has 1 aromatic carbocycles. The van der Waals surface area contributed by atoms with Gasteiger partial charge in [-0.2, -0.15) is 0 Å². The lowest BCUT2D eigenvalue weighted by Gasteiger charge is -2.11. The fourth-order valence-corrected chi connectivity index (χ4v) is 1.84. The van der Waals surface area contributed by atoms with E-state index in [-0.39, 0.29) is 5.56 Å². The number of aromatic nitrogens is 1. The summed E-state index contributed by atoms with van der Waals surface area (Å²) in [5.41, 5.74) is 0.934. The lowest BCUT2D eigenvalue weighted by molar-refractivity contribution is 0.294. The summed E-state index contributed by atoms with van der Waals surface area (Å²) in [6.07, 6.45) is 0. The summed E-state index contributed by atoms with van der Waals surface area (Å²) in [5.74, 6) is 1.56. The third-order valence-corrected chi connectivity index (χ3v) is 2.91. The number of pyridine rings is 1. The smallest absolute Gasteiger partial charge is 0.250 e. The van der Waals surface area contributed by atoms with Gasteiger partial charge in [0.1, 0.15) is 18.1 Å². The van der Waals surface area contributed by atoms with Gasteiger partial charge in [0.25, 0.3) is 5.56 Å². The van der Waals surface area contributed by atoms with Gasteiger partial charge in [-0.05, 0) is 37.3 Å². The van der Waals surface area contributed by atoms with E-state index < -0.39 is 0 Å². The predicted octanol–water partition coefficient (Wildman–Crippen LogP) is 2.24. The first-order chi connectivity index (χ1) is 9.20. The fraction of sp³-hybridized carbons (Fsp3) is 0.267. The van der Waals surface area contributed by atoms with Gasteiger partial charge in [-0.3, -0.25) is 4.79 Å². The Balaban J connectivity index is 1.94. The molecule has 2 rings (SSSR count). The van der Waals surface area contributed by atoms with E-state index in [2.05, 4.69) is 0 Å². The summed E-state index contributed by atoms with van der Waals surface area (Å²) in [6.45, 7) is 2.91. The van der Waals surface area contributed by atoms with Crippen LogP contribution in [0.25, 0.3) is 0 Å². The molecule has 19 heavy (non-hydrogen) atoms. The van der Waals surface area contributed by atoms with Gasteiger partial charge in [-0.1, -0.05) is 6.07 Å². The molecule has 0 fully saturated rings. The van der Waals surface area contributed by atoms with Crippen LogP contribution in [-0.4, -0.2) is 18.3 Å². The van der Waals surface area contributed by atoms with E-state index in [1.54, 1.807) is 23.8 Å². The first kappa shape index (κ1) is 13.2. The van der Waals surface area contributed by atoms with Crippen molar-refractivity contribution in [2.24, 2.45) is 0 Å². The lowest BCUT2D eigenvalue weighted by Crippen LogP contribution is -2.23. The summed E-state index contributed by atoms with van der Waals surface area (Å²) in [4.78, 5) is 11.7. The summed E-state index contributed by atoms with van der Waals surface area (Å²) in [5, 5.41) is 0. The van der Waals surface area contributed by atoms with Crippen LogP contribution in [0.1, 0.15) is 5.69 Å². The van der Waals surface area contributed by atoms with Crippen LogP contribution in [0.5, 0.6) is 11.5 Å². The molecule has 0 unspecified atom stereocenters. The molecule has 0 atom stereocenters. The monoisotopic (exact) mass is 259 g/mol. The molecule has 0 spiro atoms. The van der Waals surface area contributed by atoms with Gasteiger partial charge in [-0.15, -0.1) is 0 Å². The van der Waals surface area contributed by atoms with Crippen LogP contribution in [0.3, 0.4) is 0 Å². The molecule has 0 saturated carbocycles. The molecule has 1 heterocycles. The Labute approximate surface area is 112 Å². The number of hydrogen-bond donors (Lipinski definition) is 0. The van der Waals surface area contributed by atoms with Crippen LogP contribution in [0.2, 0.25) is 0 Å². The molecule has 0 bridgehead atoms. The molecular weight excluding hydrogens is 242 g/mol. The molecule has 0 amide bonds. The zero-order chi connectivity index (χ0) is 13.7. The zero-order valence-corrected chi connectivity index (χ0v) is 11.1. The molecule has 1 aromatic heterocycles. The van der Waals surface area contributed by atoms with Crippen LogP contribution >= 0.6 is 0 Å². The summed E-state index contributed by atoms with van der Waals surface area (Å²) in [7, 11) is 1.63. The summed E-state index contributed by atoms with van der Waals surface area (Å²) < 4.78 is 12.4. The third kappa shape index (κ3) is 3.37. The quantitative estimate of drug-likeness (QED) is 0.826. The SMILES string of the molecule is COc1ccc(OCCn2c(C)cccc2=O)cc1. The molecular formula is C15H17NO3. The number of ether oxygens (including phenoxy) is 2. The minimum atomic E-state index is -0.00155. The first-order valence-electron chi connectivity index (χ1n) is 6.14. The highest BCUT2D eigenvalue weighted by Gasteiger charge is 2.00. The van der Waals surface area contributed by atoms with Crippen LogP contribution in [0.4, 0.5) is 0 Å². The Hall–Kier alpha value is -2.23. The van der Waals surface area contributed by atoms with E-state index in [1.165, 1.54) is 0 Å². The van der Waals surface area contributed by atoms with E-state index in [0.717, 1.165) is 17.2 Å². The number of benzene rings is 1. The topological polar surface area (TPSA) is 40.5 Å². The fourth-order valence-electron chi connectivity index (χ4n) is 1.84. The van der Waals surface area contributed by atoms with E-state index in [0.29, 0.717) is 13.2 Å². The third-order valence-electron chi connectivity index (χ3n) is 2.91. The highest BCUT2D eigenvalue weighted by atomic mass is 16.5. The van der Waals surface area contributed by atoms with Crippen LogP contribution in [-0.2, 0) is 6.54 Å². The molecule has 4 heteroatoms. The average molecular weight is 259 g/mol. The van der Waals surface area contributed by atoms with Crippen molar-refractivity contribution in [1.29, 1.82) is 0 Å².